The minimum absolute atomic E-state index is 0.0318. The van der Waals surface area contributed by atoms with Gasteiger partial charge in [-0.15, -0.1) is 0 Å². The molecule has 0 aliphatic carbocycles. The number of nitrogens with one attached hydrogen (secondary N) is 2. The van der Waals surface area contributed by atoms with Crippen molar-refractivity contribution in [3.05, 3.63) is 29.3 Å². The zero-order chi connectivity index (χ0) is 14.3. The minimum atomic E-state index is -0.0318. The lowest BCUT2D eigenvalue weighted by Crippen LogP contribution is -2.37. The quantitative estimate of drug-likeness (QED) is 0.806. The number of nitrogens with zero attached hydrogens (tertiary/aromatic N) is 1. The van der Waals surface area contributed by atoms with E-state index in [-0.39, 0.29) is 18.5 Å². The van der Waals surface area contributed by atoms with Gasteiger partial charge in [-0.05, 0) is 31.5 Å². The Bertz CT molecular complexity index is 478. The highest BCUT2D eigenvalue weighted by molar-refractivity contribution is 5.78. The van der Waals surface area contributed by atoms with Crippen molar-refractivity contribution in [2.24, 2.45) is 0 Å². The highest BCUT2D eigenvalue weighted by Crippen LogP contribution is 2.18. The normalized spacial score (nSPS) is 10.1. The lowest BCUT2D eigenvalue weighted by Gasteiger charge is -2.10. The van der Waals surface area contributed by atoms with E-state index in [9.17, 15) is 4.79 Å². The zero-order valence-electron chi connectivity index (χ0n) is 11.5. The third kappa shape index (κ3) is 4.98. The van der Waals surface area contributed by atoms with Gasteiger partial charge in [0, 0.05) is 12.6 Å². The predicted molar refractivity (Wildman–Crippen MR) is 72.7 cm³/mol. The van der Waals surface area contributed by atoms with Crippen LogP contribution in [0.2, 0.25) is 0 Å². The van der Waals surface area contributed by atoms with E-state index in [0.717, 1.165) is 5.56 Å². The van der Waals surface area contributed by atoms with Crippen LogP contribution in [-0.4, -0.2) is 25.6 Å². The number of rotatable bonds is 6. The summed E-state index contributed by atoms with van der Waals surface area (Å²) in [5.41, 5.74) is 1.47. The van der Waals surface area contributed by atoms with Crippen LogP contribution in [-0.2, 0) is 11.3 Å². The summed E-state index contributed by atoms with van der Waals surface area (Å²) in [7, 11) is 1.53. The summed E-state index contributed by atoms with van der Waals surface area (Å²) in [6.45, 7) is 4.65. The molecule has 0 unspecified atom stereocenters. The number of methoxy groups -OCH3 is 1. The Morgan fingerprint density at radius 2 is 2.21 bits per heavy atom. The predicted octanol–water partition coefficient (Wildman–Crippen LogP) is 1.18. The largest absolute Gasteiger partial charge is 0.495 e. The summed E-state index contributed by atoms with van der Waals surface area (Å²) in [4.78, 5) is 11.4. The molecule has 1 amide bonds. The van der Waals surface area contributed by atoms with E-state index in [1.54, 1.807) is 12.1 Å². The number of hydrogen-bond acceptors (Lipinski definition) is 4. The van der Waals surface area contributed by atoms with Crippen molar-refractivity contribution in [1.82, 2.24) is 10.6 Å². The Labute approximate surface area is 113 Å². The first-order valence-corrected chi connectivity index (χ1v) is 6.14. The summed E-state index contributed by atoms with van der Waals surface area (Å²) in [6.07, 6.45) is 0. The lowest BCUT2D eigenvalue weighted by atomic mass is 10.1. The molecule has 0 atom stereocenters. The third-order valence-corrected chi connectivity index (χ3v) is 2.45. The van der Waals surface area contributed by atoms with Gasteiger partial charge < -0.3 is 15.4 Å². The van der Waals surface area contributed by atoms with E-state index in [0.29, 0.717) is 17.9 Å². The summed E-state index contributed by atoms with van der Waals surface area (Å²) in [5, 5.41) is 14.7. The molecular weight excluding hydrogens is 242 g/mol. The number of amides is 1. The first-order chi connectivity index (χ1) is 9.06. The number of hydrogen-bond donors (Lipinski definition) is 2. The molecule has 0 fully saturated rings. The fraction of sp³-hybridized carbons (Fsp3) is 0.429. The Balaban J connectivity index is 2.50. The molecule has 102 valence electrons. The van der Waals surface area contributed by atoms with Gasteiger partial charge in [0.05, 0.1) is 19.2 Å². The minimum Gasteiger partial charge on any atom is -0.495 e. The molecule has 0 heterocycles. The van der Waals surface area contributed by atoms with E-state index in [2.05, 4.69) is 16.7 Å². The molecule has 1 aromatic carbocycles. The van der Waals surface area contributed by atoms with Crippen molar-refractivity contribution in [1.29, 1.82) is 5.26 Å². The first kappa shape index (κ1) is 15.0. The van der Waals surface area contributed by atoms with Crippen molar-refractivity contribution in [2.75, 3.05) is 13.7 Å². The number of carbonyl (C=O) groups is 1. The van der Waals surface area contributed by atoms with E-state index >= 15 is 0 Å². The number of carbonyl (C=O) groups excluding carboxylic acids is 1. The number of nitriles is 1. The Hall–Kier alpha value is -2.06. The van der Waals surface area contributed by atoms with Crippen LogP contribution in [0.25, 0.3) is 0 Å². The monoisotopic (exact) mass is 261 g/mol. The second-order valence-corrected chi connectivity index (χ2v) is 4.47. The number of benzene rings is 1. The molecule has 2 N–H and O–H groups in total. The van der Waals surface area contributed by atoms with Crippen LogP contribution in [0.1, 0.15) is 25.0 Å². The Morgan fingerprint density at radius 3 is 2.79 bits per heavy atom. The van der Waals surface area contributed by atoms with Crippen LogP contribution in [0.5, 0.6) is 5.75 Å². The van der Waals surface area contributed by atoms with E-state index < -0.39 is 0 Å². The van der Waals surface area contributed by atoms with Gasteiger partial charge in [-0.1, -0.05) is 6.07 Å². The molecule has 1 aromatic rings. The molecule has 5 heteroatoms. The van der Waals surface area contributed by atoms with Crippen LogP contribution in [0.4, 0.5) is 0 Å². The smallest absolute Gasteiger partial charge is 0.234 e. The maximum absolute atomic E-state index is 11.4. The lowest BCUT2D eigenvalue weighted by molar-refractivity contribution is -0.120. The number of ether oxygens (including phenoxy) is 1. The van der Waals surface area contributed by atoms with Gasteiger partial charge in [-0.3, -0.25) is 4.79 Å². The van der Waals surface area contributed by atoms with Gasteiger partial charge in [0.15, 0.2) is 0 Å². The topological polar surface area (TPSA) is 74.2 Å². The van der Waals surface area contributed by atoms with Crippen molar-refractivity contribution in [2.45, 2.75) is 26.4 Å². The molecule has 19 heavy (non-hydrogen) atoms. The summed E-state index contributed by atoms with van der Waals surface area (Å²) in [5.74, 6) is 0.518. The average molecular weight is 261 g/mol. The molecule has 0 aliphatic heterocycles. The van der Waals surface area contributed by atoms with Crippen LogP contribution in [0.15, 0.2) is 18.2 Å². The molecule has 0 saturated carbocycles. The van der Waals surface area contributed by atoms with Gasteiger partial charge in [0.1, 0.15) is 11.8 Å². The molecule has 0 spiro atoms. The van der Waals surface area contributed by atoms with E-state index in [1.165, 1.54) is 7.11 Å². The van der Waals surface area contributed by atoms with Crippen molar-refractivity contribution in [3.8, 4) is 11.8 Å². The van der Waals surface area contributed by atoms with Gasteiger partial charge >= 0.3 is 0 Å². The van der Waals surface area contributed by atoms with Crippen LogP contribution in [0, 0.1) is 11.3 Å². The standard InChI is InChI=1S/C14H19N3O2/c1-10(2)17-14(18)9-16-8-11-4-5-12(7-15)13(6-11)19-3/h4-6,10,16H,8-9H2,1-3H3,(H,17,18). The summed E-state index contributed by atoms with van der Waals surface area (Å²) < 4.78 is 5.13. The van der Waals surface area contributed by atoms with Crippen LogP contribution >= 0.6 is 0 Å². The van der Waals surface area contributed by atoms with Crippen LogP contribution < -0.4 is 15.4 Å². The average Bonchev–Trinajstić information content (AvgIpc) is 2.37. The Morgan fingerprint density at radius 1 is 1.47 bits per heavy atom. The SMILES string of the molecule is COc1cc(CNCC(=O)NC(C)C)ccc1C#N. The second-order valence-electron chi connectivity index (χ2n) is 4.47. The fourth-order valence-electron chi connectivity index (χ4n) is 1.63. The van der Waals surface area contributed by atoms with Crippen molar-refractivity contribution in [3.63, 3.8) is 0 Å². The molecule has 0 aromatic heterocycles. The molecular formula is C14H19N3O2. The highest BCUT2D eigenvalue weighted by atomic mass is 16.5. The molecule has 0 saturated heterocycles. The zero-order valence-corrected chi connectivity index (χ0v) is 11.5. The molecule has 0 radical (unpaired) electrons. The highest BCUT2D eigenvalue weighted by Gasteiger charge is 2.05. The van der Waals surface area contributed by atoms with Crippen molar-refractivity contribution < 1.29 is 9.53 Å². The van der Waals surface area contributed by atoms with Gasteiger partial charge in [0.25, 0.3) is 0 Å². The summed E-state index contributed by atoms with van der Waals surface area (Å²) in [6, 6.07) is 7.55. The van der Waals surface area contributed by atoms with Gasteiger partial charge in [-0.25, -0.2) is 0 Å². The summed E-state index contributed by atoms with van der Waals surface area (Å²) >= 11 is 0. The Kier molecular flexibility index (Phi) is 5.83. The fourth-order valence-corrected chi connectivity index (χ4v) is 1.63. The third-order valence-electron chi connectivity index (χ3n) is 2.45. The molecule has 0 aliphatic rings. The van der Waals surface area contributed by atoms with Crippen molar-refractivity contribution >= 4 is 5.91 Å². The molecule has 1 rings (SSSR count). The molecule has 0 bridgehead atoms. The first-order valence-electron chi connectivity index (χ1n) is 6.14. The van der Waals surface area contributed by atoms with E-state index in [1.807, 2.05) is 19.9 Å². The van der Waals surface area contributed by atoms with E-state index in [4.69, 9.17) is 10.00 Å². The molecule has 5 nitrogen and oxygen atoms in total. The second kappa shape index (κ2) is 7.39. The van der Waals surface area contributed by atoms with Gasteiger partial charge in [0.2, 0.25) is 5.91 Å². The maximum Gasteiger partial charge on any atom is 0.234 e. The maximum atomic E-state index is 11.4. The van der Waals surface area contributed by atoms with Gasteiger partial charge in [-0.2, -0.15) is 5.26 Å². The van der Waals surface area contributed by atoms with Crippen LogP contribution in [0.3, 0.4) is 0 Å².